The molecule has 0 aliphatic rings. The molecule has 0 heterocycles. The van der Waals surface area contributed by atoms with Crippen LogP contribution in [0.5, 0.6) is 5.75 Å². The maximum Gasteiger partial charge on any atom is 0.239 e. The van der Waals surface area contributed by atoms with Crippen LogP contribution in [0.1, 0.15) is 19.4 Å². The summed E-state index contributed by atoms with van der Waals surface area (Å²) in [6, 6.07) is 6.84. The molecule has 0 radical (unpaired) electrons. The highest BCUT2D eigenvalue weighted by atomic mass is 16.5. The predicted octanol–water partition coefficient (Wildman–Crippen LogP) is 0.409. The second-order valence-corrected chi connectivity index (χ2v) is 5.12. The van der Waals surface area contributed by atoms with Gasteiger partial charge in [0.25, 0.3) is 0 Å². The van der Waals surface area contributed by atoms with Crippen LogP contribution >= 0.6 is 0 Å². The zero-order valence-corrected chi connectivity index (χ0v) is 11.6. The van der Waals surface area contributed by atoms with Crippen molar-refractivity contribution >= 4 is 5.91 Å². The summed E-state index contributed by atoms with van der Waals surface area (Å²) in [6.07, 6.45) is 0. The minimum Gasteiger partial charge on any atom is -0.497 e. The number of aliphatic hydroxyl groups excluding tert-OH is 1. The van der Waals surface area contributed by atoms with Crippen LogP contribution in [0.3, 0.4) is 0 Å². The van der Waals surface area contributed by atoms with Gasteiger partial charge in [-0.15, -0.1) is 0 Å². The molecule has 1 aromatic rings. The van der Waals surface area contributed by atoms with E-state index in [9.17, 15) is 4.79 Å². The summed E-state index contributed by atoms with van der Waals surface area (Å²) in [6.45, 7) is 4.15. The van der Waals surface area contributed by atoms with E-state index < -0.39 is 6.04 Å². The number of hydrogen-bond acceptors (Lipinski definition) is 4. The van der Waals surface area contributed by atoms with E-state index in [1.165, 1.54) is 0 Å². The molecular weight excluding hydrogens is 244 g/mol. The van der Waals surface area contributed by atoms with Crippen LogP contribution in [0.4, 0.5) is 0 Å². The van der Waals surface area contributed by atoms with Crippen molar-refractivity contribution in [2.45, 2.75) is 25.3 Å². The standard InChI is InChI=1S/C14H22N2O3/c1-14(2,9-16-13(18)12(15)8-17)10-4-6-11(19-3)7-5-10/h4-7,12,17H,8-9,15H2,1-3H3,(H,16,18). The third-order valence-corrected chi connectivity index (χ3v) is 3.11. The quantitative estimate of drug-likeness (QED) is 0.696. The lowest BCUT2D eigenvalue weighted by molar-refractivity contribution is -0.123. The number of hydrogen-bond donors (Lipinski definition) is 3. The van der Waals surface area contributed by atoms with Crippen LogP contribution in [0, 0.1) is 0 Å². The summed E-state index contributed by atoms with van der Waals surface area (Å²) < 4.78 is 5.11. The number of nitrogens with two attached hydrogens (primary N) is 1. The highest BCUT2D eigenvalue weighted by Crippen LogP contribution is 2.24. The smallest absolute Gasteiger partial charge is 0.239 e. The van der Waals surface area contributed by atoms with Crippen LogP contribution in [-0.2, 0) is 10.2 Å². The number of methoxy groups -OCH3 is 1. The van der Waals surface area contributed by atoms with E-state index in [0.717, 1.165) is 11.3 Å². The predicted molar refractivity (Wildman–Crippen MR) is 74.1 cm³/mol. The average Bonchev–Trinajstić information content (AvgIpc) is 2.44. The van der Waals surface area contributed by atoms with E-state index in [1.54, 1.807) is 7.11 Å². The van der Waals surface area contributed by atoms with Gasteiger partial charge in [-0.2, -0.15) is 0 Å². The molecule has 1 unspecified atom stereocenters. The highest BCUT2D eigenvalue weighted by Gasteiger charge is 2.22. The number of nitrogens with one attached hydrogen (secondary N) is 1. The van der Waals surface area contributed by atoms with E-state index in [1.807, 2.05) is 38.1 Å². The van der Waals surface area contributed by atoms with Crippen LogP contribution in [0.15, 0.2) is 24.3 Å². The molecule has 0 saturated carbocycles. The third kappa shape index (κ3) is 4.22. The Labute approximate surface area is 113 Å². The molecule has 106 valence electrons. The Hall–Kier alpha value is -1.59. The van der Waals surface area contributed by atoms with Crippen molar-refractivity contribution in [2.24, 2.45) is 5.73 Å². The first kappa shape index (κ1) is 15.5. The zero-order valence-electron chi connectivity index (χ0n) is 11.6. The topological polar surface area (TPSA) is 84.6 Å². The molecule has 5 nitrogen and oxygen atoms in total. The Morgan fingerprint density at radius 3 is 2.47 bits per heavy atom. The number of amides is 1. The minimum atomic E-state index is -0.869. The first-order chi connectivity index (χ1) is 8.90. The van der Waals surface area contributed by atoms with E-state index in [-0.39, 0.29) is 17.9 Å². The van der Waals surface area contributed by atoms with Gasteiger partial charge in [0.2, 0.25) is 5.91 Å². The molecule has 19 heavy (non-hydrogen) atoms. The second-order valence-electron chi connectivity index (χ2n) is 5.12. The molecule has 0 aromatic heterocycles. The fraction of sp³-hybridized carbons (Fsp3) is 0.500. The first-order valence-corrected chi connectivity index (χ1v) is 6.19. The minimum absolute atomic E-state index is 0.225. The number of carbonyl (C=O) groups is 1. The Balaban J connectivity index is 2.66. The van der Waals surface area contributed by atoms with Gasteiger partial charge < -0.3 is 20.9 Å². The van der Waals surface area contributed by atoms with Gasteiger partial charge in [0, 0.05) is 12.0 Å². The molecule has 0 saturated heterocycles. The van der Waals surface area contributed by atoms with Gasteiger partial charge in [-0.1, -0.05) is 26.0 Å². The van der Waals surface area contributed by atoms with Gasteiger partial charge in [-0.3, -0.25) is 4.79 Å². The highest BCUT2D eigenvalue weighted by molar-refractivity contribution is 5.81. The third-order valence-electron chi connectivity index (χ3n) is 3.11. The molecule has 1 atom stereocenters. The summed E-state index contributed by atoms with van der Waals surface area (Å²) >= 11 is 0. The normalized spacial score (nSPS) is 12.9. The van der Waals surface area contributed by atoms with Crippen molar-refractivity contribution in [1.29, 1.82) is 0 Å². The fourth-order valence-electron chi connectivity index (χ4n) is 1.67. The number of rotatable bonds is 6. The SMILES string of the molecule is COc1ccc(C(C)(C)CNC(=O)C(N)CO)cc1. The Bertz CT molecular complexity index is 415. The molecule has 5 heteroatoms. The van der Waals surface area contributed by atoms with E-state index in [0.29, 0.717) is 6.54 Å². The van der Waals surface area contributed by atoms with E-state index in [4.69, 9.17) is 15.6 Å². The van der Waals surface area contributed by atoms with Crippen LogP contribution in [-0.4, -0.2) is 37.3 Å². The molecule has 0 fully saturated rings. The molecule has 0 spiro atoms. The van der Waals surface area contributed by atoms with E-state index in [2.05, 4.69) is 5.32 Å². The molecule has 1 rings (SSSR count). The summed E-state index contributed by atoms with van der Waals surface area (Å²) in [4.78, 5) is 11.5. The maximum absolute atomic E-state index is 11.5. The lowest BCUT2D eigenvalue weighted by Gasteiger charge is -2.26. The van der Waals surface area contributed by atoms with Crippen molar-refractivity contribution in [3.63, 3.8) is 0 Å². The van der Waals surface area contributed by atoms with Gasteiger partial charge >= 0.3 is 0 Å². The van der Waals surface area contributed by atoms with Gasteiger partial charge in [0.05, 0.1) is 13.7 Å². The lowest BCUT2D eigenvalue weighted by atomic mass is 9.84. The van der Waals surface area contributed by atoms with Crippen LogP contribution in [0.25, 0.3) is 0 Å². The van der Waals surface area contributed by atoms with Crippen molar-refractivity contribution < 1.29 is 14.6 Å². The zero-order chi connectivity index (χ0) is 14.5. The lowest BCUT2D eigenvalue weighted by Crippen LogP contribution is -2.46. The molecule has 0 aliphatic heterocycles. The summed E-state index contributed by atoms with van der Waals surface area (Å²) in [5.41, 5.74) is 6.31. The monoisotopic (exact) mass is 266 g/mol. The second kappa shape index (κ2) is 6.54. The van der Waals surface area contributed by atoms with Gasteiger partial charge in [-0.25, -0.2) is 0 Å². The van der Waals surface area contributed by atoms with Gasteiger partial charge in [0.1, 0.15) is 11.8 Å². The molecule has 4 N–H and O–H groups in total. The summed E-state index contributed by atoms with van der Waals surface area (Å²) in [5, 5.41) is 11.6. The van der Waals surface area contributed by atoms with Crippen molar-refractivity contribution in [3.8, 4) is 5.75 Å². The van der Waals surface area contributed by atoms with Crippen molar-refractivity contribution in [2.75, 3.05) is 20.3 Å². The fourth-order valence-corrected chi connectivity index (χ4v) is 1.67. The number of ether oxygens (including phenoxy) is 1. The number of aliphatic hydroxyl groups is 1. The summed E-state index contributed by atoms with van der Waals surface area (Å²) in [7, 11) is 1.62. The maximum atomic E-state index is 11.5. The van der Waals surface area contributed by atoms with Crippen molar-refractivity contribution in [1.82, 2.24) is 5.32 Å². The molecule has 1 aromatic carbocycles. The van der Waals surface area contributed by atoms with Crippen LogP contribution in [0.2, 0.25) is 0 Å². The van der Waals surface area contributed by atoms with Crippen molar-refractivity contribution in [3.05, 3.63) is 29.8 Å². The van der Waals surface area contributed by atoms with Crippen LogP contribution < -0.4 is 15.8 Å². The first-order valence-electron chi connectivity index (χ1n) is 6.19. The largest absolute Gasteiger partial charge is 0.497 e. The average molecular weight is 266 g/mol. The molecule has 0 aliphatic carbocycles. The number of carbonyl (C=O) groups excluding carboxylic acids is 1. The Kier molecular flexibility index (Phi) is 5.32. The molecule has 0 bridgehead atoms. The van der Waals surface area contributed by atoms with Gasteiger partial charge in [-0.05, 0) is 17.7 Å². The molecule has 1 amide bonds. The van der Waals surface area contributed by atoms with Gasteiger partial charge in [0.15, 0.2) is 0 Å². The summed E-state index contributed by atoms with van der Waals surface area (Å²) in [5.74, 6) is 0.454. The Morgan fingerprint density at radius 1 is 1.42 bits per heavy atom. The van der Waals surface area contributed by atoms with E-state index >= 15 is 0 Å². The molecular formula is C14H22N2O3. The number of benzene rings is 1. The Morgan fingerprint density at radius 2 is 2.00 bits per heavy atom.